The number of amides is 1. The summed E-state index contributed by atoms with van der Waals surface area (Å²) >= 11 is 0. The van der Waals surface area contributed by atoms with Crippen LogP contribution in [0.3, 0.4) is 0 Å². The summed E-state index contributed by atoms with van der Waals surface area (Å²) in [5, 5.41) is 3.28. The summed E-state index contributed by atoms with van der Waals surface area (Å²) in [6, 6.07) is 0.888. The van der Waals surface area contributed by atoms with Crippen LogP contribution in [0.1, 0.15) is 33.1 Å². The van der Waals surface area contributed by atoms with E-state index < -0.39 is 0 Å². The van der Waals surface area contributed by atoms with Crippen molar-refractivity contribution >= 4 is 5.91 Å². The Morgan fingerprint density at radius 2 is 2.38 bits per heavy atom. The first-order valence-electron chi connectivity index (χ1n) is 5.15. The molecule has 1 amide bonds. The van der Waals surface area contributed by atoms with Gasteiger partial charge in [-0.15, -0.1) is 0 Å². The molecule has 0 aromatic heterocycles. The van der Waals surface area contributed by atoms with Gasteiger partial charge in [0.05, 0.1) is 0 Å². The van der Waals surface area contributed by atoms with Crippen molar-refractivity contribution in [2.75, 3.05) is 13.6 Å². The average molecular weight is 184 g/mol. The van der Waals surface area contributed by atoms with Gasteiger partial charge in [0.25, 0.3) is 0 Å². The molecule has 0 aliphatic carbocycles. The molecule has 1 rings (SSSR count). The third-order valence-electron chi connectivity index (χ3n) is 2.98. The van der Waals surface area contributed by atoms with Crippen molar-refractivity contribution in [3.8, 4) is 0 Å². The Morgan fingerprint density at radius 1 is 1.69 bits per heavy atom. The molecule has 0 saturated carbocycles. The predicted octanol–water partition coefficient (Wildman–Crippen LogP) is 0.995. The van der Waals surface area contributed by atoms with Gasteiger partial charge in [-0.05, 0) is 26.3 Å². The number of carbonyl (C=O) groups excluding carboxylic acids is 1. The minimum Gasteiger partial charge on any atom is -0.338 e. The van der Waals surface area contributed by atoms with Crippen LogP contribution in [0.4, 0.5) is 0 Å². The van der Waals surface area contributed by atoms with Gasteiger partial charge in [-0.2, -0.15) is 0 Å². The normalized spacial score (nSPS) is 24.8. The predicted molar refractivity (Wildman–Crippen MR) is 53.5 cm³/mol. The summed E-state index contributed by atoms with van der Waals surface area (Å²) in [7, 11) is 1.98. The number of nitrogens with one attached hydrogen (secondary N) is 1. The topological polar surface area (TPSA) is 32.3 Å². The lowest BCUT2D eigenvalue weighted by atomic mass is 10.0. The van der Waals surface area contributed by atoms with Crippen LogP contribution in [-0.2, 0) is 4.79 Å². The smallest absolute Gasteiger partial charge is 0.219 e. The van der Waals surface area contributed by atoms with Crippen LogP contribution < -0.4 is 5.32 Å². The number of rotatable bonds is 3. The minimum atomic E-state index is 0.219. The molecule has 0 aromatic rings. The van der Waals surface area contributed by atoms with Gasteiger partial charge in [-0.1, -0.05) is 6.92 Å². The third-order valence-corrected chi connectivity index (χ3v) is 2.98. The SMILES string of the molecule is CCC(NC)C1CCCN1C(C)=O. The van der Waals surface area contributed by atoms with Crippen molar-refractivity contribution in [3.05, 3.63) is 0 Å². The number of carbonyl (C=O) groups is 1. The second-order valence-electron chi connectivity index (χ2n) is 3.73. The van der Waals surface area contributed by atoms with Crippen LogP contribution in [0.2, 0.25) is 0 Å². The number of hydrogen-bond donors (Lipinski definition) is 1. The molecule has 0 bridgehead atoms. The molecular formula is C10H20N2O. The van der Waals surface area contributed by atoms with E-state index >= 15 is 0 Å². The molecule has 0 radical (unpaired) electrons. The van der Waals surface area contributed by atoms with E-state index in [-0.39, 0.29) is 5.91 Å². The number of nitrogens with zero attached hydrogens (tertiary/aromatic N) is 1. The van der Waals surface area contributed by atoms with Gasteiger partial charge in [-0.3, -0.25) is 4.79 Å². The number of hydrogen-bond acceptors (Lipinski definition) is 2. The maximum atomic E-state index is 11.3. The van der Waals surface area contributed by atoms with Gasteiger partial charge >= 0.3 is 0 Å². The third kappa shape index (κ3) is 2.21. The highest BCUT2D eigenvalue weighted by Crippen LogP contribution is 2.21. The van der Waals surface area contributed by atoms with E-state index in [1.54, 1.807) is 6.92 Å². The van der Waals surface area contributed by atoms with Crippen molar-refractivity contribution in [2.45, 2.75) is 45.2 Å². The Hall–Kier alpha value is -0.570. The molecule has 1 fully saturated rings. The van der Waals surface area contributed by atoms with E-state index in [2.05, 4.69) is 12.2 Å². The highest BCUT2D eigenvalue weighted by atomic mass is 16.2. The van der Waals surface area contributed by atoms with E-state index in [4.69, 9.17) is 0 Å². The molecule has 76 valence electrons. The lowest BCUT2D eigenvalue weighted by Crippen LogP contribution is -2.47. The summed E-state index contributed by atoms with van der Waals surface area (Å²) in [5.74, 6) is 0.219. The maximum Gasteiger partial charge on any atom is 0.219 e. The standard InChI is InChI=1S/C10H20N2O/c1-4-9(11-3)10-6-5-7-12(10)8(2)13/h9-11H,4-7H2,1-3H3. The van der Waals surface area contributed by atoms with Crippen molar-refractivity contribution < 1.29 is 4.79 Å². The summed E-state index contributed by atoms with van der Waals surface area (Å²) in [6.07, 6.45) is 3.40. The fraction of sp³-hybridized carbons (Fsp3) is 0.900. The fourth-order valence-electron chi connectivity index (χ4n) is 2.27. The maximum absolute atomic E-state index is 11.3. The van der Waals surface area contributed by atoms with Gasteiger partial charge in [0.15, 0.2) is 0 Å². The highest BCUT2D eigenvalue weighted by Gasteiger charge is 2.31. The number of likely N-dealkylation sites (tertiary alicyclic amines) is 1. The molecule has 1 N–H and O–H groups in total. The molecule has 0 spiro atoms. The molecule has 1 aliphatic rings. The summed E-state index contributed by atoms with van der Waals surface area (Å²) < 4.78 is 0. The van der Waals surface area contributed by atoms with E-state index in [1.807, 2.05) is 11.9 Å². The van der Waals surface area contributed by atoms with Crippen LogP contribution in [0.25, 0.3) is 0 Å². The quantitative estimate of drug-likeness (QED) is 0.709. The molecule has 1 aliphatic heterocycles. The Bertz CT molecular complexity index is 178. The Labute approximate surface area is 80.5 Å². The first kappa shape index (κ1) is 10.5. The molecule has 1 saturated heterocycles. The molecule has 2 atom stereocenters. The lowest BCUT2D eigenvalue weighted by Gasteiger charge is -2.30. The van der Waals surface area contributed by atoms with Gasteiger partial charge in [0.1, 0.15) is 0 Å². The molecule has 1 heterocycles. The minimum absolute atomic E-state index is 0.219. The van der Waals surface area contributed by atoms with Crippen molar-refractivity contribution in [3.63, 3.8) is 0 Å². The van der Waals surface area contributed by atoms with Crippen LogP contribution in [0, 0.1) is 0 Å². The largest absolute Gasteiger partial charge is 0.338 e. The zero-order valence-electron chi connectivity index (χ0n) is 8.84. The molecule has 3 heteroatoms. The Balaban J connectivity index is 2.61. The second-order valence-corrected chi connectivity index (χ2v) is 3.73. The lowest BCUT2D eigenvalue weighted by molar-refractivity contribution is -0.130. The van der Waals surface area contributed by atoms with Crippen molar-refractivity contribution in [1.29, 1.82) is 0 Å². The van der Waals surface area contributed by atoms with Crippen molar-refractivity contribution in [2.24, 2.45) is 0 Å². The zero-order valence-corrected chi connectivity index (χ0v) is 8.84. The summed E-state index contributed by atoms with van der Waals surface area (Å²) in [5.41, 5.74) is 0. The average Bonchev–Trinajstić information content (AvgIpc) is 2.55. The van der Waals surface area contributed by atoms with E-state index in [9.17, 15) is 4.79 Å². The monoisotopic (exact) mass is 184 g/mol. The molecule has 3 nitrogen and oxygen atoms in total. The van der Waals surface area contributed by atoms with Crippen LogP contribution >= 0.6 is 0 Å². The summed E-state index contributed by atoms with van der Waals surface area (Å²) in [4.78, 5) is 13.3. The van der Waals surface area contributed by atoms with Crippen LogP contribution in [-0.4, -0.2) is 36.5 Å². The summed E-state index contributed by atoms with van der Waals surface area (Å²) in [6.45, 7) is 4.77. The van der Waals surface area contributed by atoms with Crippen LogP contribution in [0.15, 0.2) is 0 Å². The van der Waals surface area contributed by atoms with E-state index in [1.165, 1.54) is 0 Å². The fourth-order valence-corrected chi connectivity index (χ4v) is 2.27. The second kappa shape index (κ2) is 4.61. The first-order valence-corrected chi connectivity index (χ1v) is 5.15. The van der Waals surface area contributed by atoms with Gasteiger partial charge in [-0.25, -0.2) is 0 Å². The van der Waals surface area contributed by atoms with Gasteiger partial charge in [0.2, 0.25) is 5.91 Å². The van der Waals surface area contributed by atoms with Crippen LogP contribution in [0.5, 0.6) is 0 Å². The zero-order chi connectivity index (χ0) is 9.84. The van der Waals surface area contributed by atoms with Crippen molar-refractivity contribution in [1.82, 2.24) is 10.2 Å². The van der Waals surface area contributed by atoms with E-state index in [0.29, 0.717) is 12.1 Å². The van der Waals surface area contributed by atoms with E-state index in [0.717, 1.165) is 25.8 Å². The molecular weight excluding hydrogens is 164 g/mol. The Kier molecular flexibility index (Phi) is 3.72. The van der Waals surface area contributed by atoms with Gasteiger partial charge in [0, 0.05) is 25.6 Å². The molecule has 0 aromatic carbocycles. The van der Waals surface area contributed by atoms with Gasteiger partial charge < -0.3 is 10.2 Å². The highest BCUT2D eigenvalue weighted by molar-refractivity contribution is 5.74. The Morgan fingerprint density at radius 3 is 2.85 bits per heavy atom. The number of likely N-dealkylation sites (N-methyl/N-ethyl adjacent to an activating group) is 1. The molecule has 2 unspecified atom stereocenters. The molecule has 13 heavy (non-hydrogen) atoms. The first-order chi connectivity index (χ1) is 6.20.